The Morgan fingerprint density at radius 3 is 2.80 bits per heavy atom. The SMILES string of the molecule is C[C@@H]1CCCC[C@@H]1NC(=O)CSc1nnc(COc2ccc3c(c2)CCCC3)n1C. The van der Waals surface area contributed by atoms with E-state index in [1.54, 1.807) is 0 Å². The normalized spacial score (nSPS) is 21.1. The van der Waals surface area contributed by atoms with Gasteiger partial charge in [0.05, 0.1) is 5.75 Å². The van der Waals surface area contributed by atoms with E-state index in [1.165, 1.54) is 61.4 Å². The van der Waals surface area contributed by atoms with E-state index in [-0.39, 0.29) is 5.91 Å². The molecule has 1 aromatic heterocycles. The predicted octanol–water partition coefficient (Wildman–Crippen LogP) is 4.06. The fraction of sp³-hybridized carbons (Fsp3) is 0.609. The van der Waals surface area contributed by atoms with Crippen molar-refractivity contribution < 1.29 is 9.53 Å². The Morgan fingerprint density at radius 1 is 1.17 bits per heavy atom. The lowest BCUT2D eigenvalue weighted by Crippen LogP contribution is -2.41. The first kappa shape index (κ1) is 21.2. The molecule has 4 rings (SSSR count). The van der Waals surface area contributed by atoms with Gasteiger partial charge in [0.25, 0.3) is 0 Å². The molecule has 1 amide bonds. The van der Waals surface area contributed by atoms with E-state index in [2.05, 4.69) is 34.6 Å². The van der Waals surface area contributed by atoms with E-state index in [0.29, 0.717) is 24.3 Å². The van der Waals surface area contributed by atoms with Gasteiger partial charge in [0.1, 0.15) is 12.4 Å². The second-order valence-electron chi connectivity index (χ2n) is 8.61. The summed E-state index contributed by atoms with van der Waals surface area (Å²) in [5.74, 6) is 2.65. The van der Waals surface area contributed by atoms with Gasteiger partial charge in [0.2, 0.25) is 5.91 Å². The third kappa shape index (κ3) is 5.17. The lowest BCUT2D eigenvalue weighted by Gasteiger charge is -2.29. The van der Waals surface area contributed by atoms with Crippen LogP contribution in [0, 0.1) is 5.92 Å². The maximum absolute atomic E-state index is 12.4. The molecule has 2 aliphatic rings. The third-order valence-corrected chi connectivity index (χ3v) is 7.42. The minimum atomic E-state index is 0.0774. The van der Waals surface area contributed by atoms with Gasteiger partial charge in [0, 0.05) is 13.1 Å². The van der Waals surface area contributed by atoms with Crippen LogP contribution in [0.2, 0.25) is 0 Å². The molecule has 1 saturated carbocycles. The molecule has 6 nitrogen and oxygen atoms in total. The Kier molecular flexibility index (Phi) is 6.97. The van der Waals surface area contributed by atoms with Crippen molar-refractivity contribution in [3.8, 4) is 5.75 Å². The highest BCUT2D eigenvalue weighted by molar-refractivity contribution is 7.99. The molecule has 1 aromatic carbocycles. The van der Waals surface area contributed by atoms with Crippen molar-refractivity contribution >= 4 is 17.7 Å². The number of nitrogens with one attached hydrogen (secondary N) is 1. The summed E-state index contributed by atoms with van der Waals surface area (Å²) in [6.45, 7) is 2.60. The fourth-order valence-corrected chi connectivity index (χ4v) is 5.19. The predicted molar refractivity (Wildman–Crippen MR) is 119 cm³/mol. The highest BCUT2D eigenvalue weighted by Gasteiger charge is 2.23. The monoisotopic (exact) mass is 428 g/mol. The van der Waals surface area contributed by atoms with Crippen molar-refractivity contribution in [3.63, 3.8) is 0 Å². The van der Waals surface area contributed by atoms with Crippen molar-refractivity contribution in [2.45, 2.75) is 76.1 Å². The first-order chi connectivity index (χ1) is 14.6. The molecule has 2 atom stereocenters. The van der Waals surface area contributed by atoms with Crippen LogP contribution in [0.3, 0.4) is 0 Å². The zero-order valence-electron chi connectivity index (χ0n) is 18.0. The average Bonchev–Trinajstić information content (AvgIpc) is 3.11. The van der Waals surface area contributed by atoms with Crippen LogP contribution >= 0.6 is 11.8 Å². The third-order valence-electron chi connectivity index (χ3n) is 6.40. The number of carbonyl (C=O) groups excluding carboxylic acids is 1. The van der Waals surface area contributed by atoms with Crippen LogP contribution in [-0.4, -0.2) is 32.5 Å². The average molecular weight is 429 g/mol. The van der Waals surface area contributed by atoms with Crippen LogP contribution in [0.5, 0.6) is 5.75 Å². The second kappa shape index (κ2) is 9.86. The number of hydrogen-bond donors (Lipinski definition) is 1. The van der Waals surface area contributed by atoms with Crippen LogP contribution in [-0.2, 0) is 31.3 Å². The van der Waals surface area contributed by atoms with E-state index in [9.17, 15) is 4.79 Å². The first-order valence-electron chi connectivity index (χ1n) is 11.1. The number of rotatable bonds is 7. The van der Waals surface area contributed by atoms with E-state index in [1.807, 2.05) is 17.7 Å². The molecular formula is C23H32N4O2S. The number of aromatic nitrogens is 3. The summed E-state index contributed by atoms with van der Waals surface area (Å²) in [5, 5.41) is 12.4. The van der Waals surface area contributed by atoms with E-state index in [0.717, 1.165) is 29.6 Å². The van der Waals surface area contributed by atoms with Crippen LogP contribution in [0.25, 0.3) is 0 Å². The molecule has 0 saturated heterocycles. The van der Waals surface area contributed by atoms with Crippen LogP contribution in [0.4, 0.5) is 0 Å². The van der Waals surface area contributed by atoms with E-state index in [4.69, 9.17) is 4.74 Å². The molecule has 0 unspecified atom stereocenters. The van der Waals surface area contributed by atoms with Crippen molar-refractivity contribution in [2.24, 2.45) is 13.0 Å². The maximum atomic E-state index is 12.4. The van der Waals surface area contributed by atoms with Gasteiger partial charge in [-0.05, 0) is 67.7 Å². The van der Waals surface area contributed by atoms with E-state index < -0.39 is 0 Å². The van der Waals surface area contributed by atoms with Crippen LogP contribution in [0.15, 0.2) is 23.4 Å². The molecule has 0 bridgehead atoms. The van der Waals surface area contributed by atoms with Crippen LogP contribution < -0.4 is 10.1 Å². The minimum absolute atomic E-state index is 0.0774. The number of fused-ring (bicyclic) bond motifs is 1. The van der Waals surface area contributed by atoms with Crippen molar-refractivity contribution in [2.75, 3.05) is 5.75 Å². The number of benzene rings is 1. The highest BCUT2D eigenvalue weighted by Crippen LogP contribution is 2.26. The number of ether oxygens (including phenoxy) is 1. The van der Waals surface area contributed by atoms with Crippen molar-refractivity contribution in [1.29, 1.82) is 0 Å². The number of carbonyl (C=O) groups is 1. The summed E-state index contributed by atoms with van der Waals surface area (Å²) in [4.78, 5) is 12.4. The second-order valence-corrected chi connectivity index (χ2v) is 9.55. The maximum Gasteiger partial charge on any atom is 0.230 e. The standard InChI is InChI=1S/C23H32N4O2S/c1-16-7-3-6-10-20(16)24-22(28)15-30-23-26-25-21(27(23)2)14-29-19-12-11-17-8-4-5-9-18(17)13-19/h11-13,16,20H,3-10,14-15H2,1-2H3,(H,24,28)/t16-,20+/m1/s1. The highest BCUT2D eigenvalue weighted by atomic mass is 32.2. The van der Waals surface area contributed by atoms with Gasteiger partial charge < -0.3 is 14.6 Å². The Bertz CT molecular complexity index is 882. The Balaban J connectivity index is 1.28. The Morgan fingerprint density at radius 2 is 1.97 bits per heavy atom. The molecule has 1 fully saturated rings. The Labute approximate surface area is 183 Å². The number of hydrogen-bond acceptors (Lipinski definition) is 5. The number of amides is 1. The lowest BCUT2D eigenvalue weighted by molar-refractivity contribution is -0.119. The van der Waals surface area contributed by atoms with Crippen molar-refractivity contribution in [1.82, 2.24) is 20.1 Å². The lowest BCUT2D eigenvalue weighted by atomic mass is 9.86. The molecular weight excluding hydrogens is 396 g/mol. The molecule has 30 heavy (non-hydrogen) atoms. The molecule has 1 heterocycles. The summed E-state index contributed by atoms with van der Waals surface area (Å²) in [6, 6.07) is 6.71. The molecule has 162 valence electrons. The van der Waals surface area contributed by atoms with Gasteiger partial charge in [-0.25, -0.2) is 0 Å². The summed E-state index contributed by atoms with van der Waals surface area (Å²) in [7, 11) is 1.93. The van der Waals surface area contributed by atoms with Gasteiger partial charge in [-0.1, -0.05) is 37.6 Å². The van der Waals surface area contributed by atoms with Gasteiger partial charge in [-0.2, -0.15) is 0 Å². The summed E-state index contributed by atoms with van der Waals surface area (Å²) >= 11 is 1.43. The summed E-state index contributed by atoms with van der Waals surface area (Å²) in [5.41, 5.74) is 2.86. The molecule has 0 spiro atoms. The van der Waals surface area contributed by atoms with Gasteiger partial charge in [-0.15, -0.1) is 10.2 Å². The zero-order valence-corrected chi connectivity index (χ0v) is 18.8. The number of nitrogens with zero attached hydrogens (tertiary/aromatic N) is 3. The molecule has 7 heteroatoms. The van der Waals surface area contributed by atoms with Gasteiger partial charge in [-0.3, -0.25) is 4.79 Å². The molecule has 0 radical (unpaired) electrons. The van der Waals surface area contributed by atoms with Gasteiger partial charge in [0.15, 0.2) is 11.0 Å². The number of aryl methyl sites for hydroxylation is 2. The van der Waals surface area contributed by atoms with Crippen LogP contribution in [0.1, 0.15) is 62.4 Å². The minimum Gasteiger partial charge on any atom is -0.486 e. The smallest absolute Gasteiger partial charge is 0.230 e. The summed E-state index contributed by atoms with van der Waals surface area (Å²) in [6.07, 6.45) is 9.63. The zero-order chi connectivity index (χ0) is 20.9. The first-order valence-corrected chi connectivity index (χ1v) is 12.1. The molecule has 0 aliphatic heterocycles. The van der Waals surface area contributed by atoms with Crippen molar-refractivity contribution in [3.05, 3.63) is 35.2 Å². The largest absolute Gasteiger partial charge is 0.486 e. The number of thioether (sulfide) groups is 1. The topological polar surface area (TPSA) is 69.0 Å². The molecule has 2 aromatic rings. The molecule has 2 aliphatic carbocycles. The quantitative estimate of drug-likeness (QED) is 0.674. The fourth-order valence-electron chi connectivity index (χ4n) is 4.45. The summed E-state index contributed by atoms with van der Waals surface area (Å²) < 4.78 is 7.89. The molecule has 1 N–H and O–H groups in total. The van der Waals surface area contributed by atoms with E-state index >= 15 is 0 Å². The van der Waals surface area contributed by atoms with Gasteiger partial charge >= 0.3 is 0 Å². The Hall–Kier alpha value is -2.02.